The molecule has 0 atom stereocenters. The zero-order chi connectivity index (χ0) is 20.6. The number of H-pyrrole nitrogens is 1. The molecule has 1 aliphatic carbocycles. The molecule has 6 heteroatoms. The molecule has 0 unspecified atom stereocenters. The van der Waals surface area contributed by atoms with Crippen molar-refractivity contribution in [2.75, 3.05) is 0 Å². The van der Waals surface area contributed by atoms with Crippen LogP contribution in [0.4, 0.5) is 0 Å². The number of hydrogen-bond acceptors (Lipinski definition) is 3. The third kappa shape index (κ3) is 4.23. The summed E-state index contributed by atoms with van der Waals surface area (Å²) in [6.07, 6.45) is 5.52. The summed E-state index contributed by atoms with van der Waals surface area (Å²) < 4.78 is 27.0. The van der Waals surface area contributed by atoms with Gasteiger partial charge in [0.05, 0.1) is 10.4 Å². The molecule has 1 aliphatic rings. The van der Waals surface area contributed by atoms with Crippen LogP contribution in [-0.4, -0.2) is 29.2 Å². The zero-order valence-electron chi connectivity index (χ0n) is 17.3. The zero-order valence-corrected chi connectivity index (χ0v) is 18.1. The van der Waals surface area contributed by atoms with Crippen LogP contribution < -0.4 is 4.72 Å². The quantitative estimate of drug-likeness (QED) is 0.636. The summed E-state index contributed by atoms with van der Waals surface area (Å²) in [6, 6.07) is 14.6. The average molecular weight is 412 g/mol. The number of rotatable bonds is 4. The maximum Gasteiger partial charge on any atom is 0.216 e. The lowest BCUT2D eigenvalue weighted by atomic mass is 9.84. The van der Waals surface area contributed by atoms with E-state index < -0.39 is 14.8 Å². The van der Waals surface area contributed by atoms with Crippen molar-refractivity contribution in [1.29, 1.82) is 0 Å². The molecule has 2 N–H and O–H groups in total. The first-order chi connectivity index (χ1) is 13.7. The number of nitrogens with zero attached hydrogens (tertiary/aromatic N) is 1. The minimum absolute atomic E-state index is 0.0376. The molecule has 1 saturated carbocycles. The summed E-state index contributed by atoms with van der Waals surface area (Å²) in [5.41, 5.74) is 4.47. The highest BCUT2D eigenvalue weighted by Crippen LogP contribution is 2.35. The Labute approximate surface area is 173 Å². The van der Waals surface area contributed by atoms with Gasteiger partial charge in [-0.05, 0) is 82.7 Å². The van der Waals surface area contributed by atoms with Crippen LogP contribution in [-0.2, 0) is 10.0 Å². The number of pyridine rings is 1. The second kappa shape index (κ2) is 7.58. The van der Waals surface area contributed by atoms with E-state index in [-0.39, 0.29) is 6.04 Å². The van der Waals surface area contributed by atoms with E-state index in [1.54, 1.807) is 20.8 Å². The second-order valence-electron chi connectivity index (χ2n) is 9.02. The van der Waals surface area contributed by atoms with Gasteiger partial charge in [-0.2, -0.15) is 0 Å². The van der Waals surface area contributed by atoms with Gasteiger partial charge in [-0.15, -0.1) is 0 Å². The Hall–Kier alpha value is -2.18. The molecule has 29 heavy (non-hydrogen) atoms. The van der Waals surface area contributed by atoms with Crippen LogP contribution in [0.15, 0.2) is 48.7 Å². The number of sulfonamides is 1. The Morgan fingerprint density at radius 2 is 1.79 bits per heavy atom. The highest BCUT2D eigenvalue weighted by molar-refractivity contribution is 7.90. The van der Waals surface area contributed by atoms with E-state index in [1.807, 2.05) is 24.4 Å². The predicted octanol–water partition coefficient (Wildman–Crippen LogP) is 4.97. The molecule has 0 aliphatic heterocycles. The van der Waals surface area contributed by atoms with Gasteiger partial charge in [-0.3, -0.25) is 4.98 Å². The van der Waals surface area contributed by atoms with Crippen molar-refractivity contribution in [3.8, 4) is 11.3 Å². The van der Waals surface area contributed by atoms with Gasteiger partial charge >= 0.3 is 0 Å². The summed E-state index contributed by atoms with van der Waals surface area (Å²) in [4.78, 5) is 8.01. The lowest BCUT2D eigenvalue weighted by Crippen LogP contribution is -2.45. The van der Waals surface area contributed by atoms with E-state index >= 15 is 0 Å². The summed E-state index contributed by atoms with van der Waals surface area (Å²) >= 11 is 0. The van der Waals surface area contributed by atoms with Crippen LogP contribution in [0.1, 0.15) is 58.1 Å². The van der Waals surface area contributed by atoms with Gasteiger partial charge in [0.2, 0.25) is 10.0 Å². The molecule has 1 fully saturated rings. The van der Waals surface area contributed by atoms with Crippen molar-refractivity contribution in [1.82, 2.24) is 14.7 Å². The molecular weight excluding hydrogens is 382 g/mol. The second-order valence-corrected chi connectivity index (χ2v) is 11.5. The molecule has 0 bridgehead atoms. The smallest absolute Gasteiger partial charge is 0.216 e. The molecule has 0 saturated heterocycles. The molecule has 0 spiro atoms. The van der Waals surface area contributed by atoms with Crippen LogP contribution in [0.25, 0.3) is 22.2 Å². The fourth-order valence-electron chi connectivity index (χ4n) is 3.99. The fraction of sp³-hybridized carbons (Fsp3) is 0.435. The summed E-state index contributed by atoms with van der Waals surface area (Å²) in [5, 5.41) is 1.19. The molecule has 5 nitrogen and oxygen atoms in total. The van der Waals surface area contributed by atoms with E-state index in [2.05, 4.69) is 39.0 Å². The molecule has 2 aromatic heterocycles. The van der Waals surface area contributed by atoms with Crippen LogP contribution in [0, 0.1) is 0 Å². The van der Waals surface area contributed by atoms with Crippen molar-refractivity contribution < 1.29 is 8.42 Å². The van der Waals surface area contributed by atoms with E-state index in [4.69, 9.17) is 0 Å². The van der Waals surface area contributed by atoms with Crippen molar-refractivity contribution in [3.63, 3.8) is 0 Å². The summed E-state index contributed by atoms with van der Waals surface area (Å²) in [7, 11) is -3.29. The predicted molar refractivity (Wildman–Crippen MR) is 118 cm³/mol. The van der Waals surface area contributed by atoms with Crippen molar-refractivity contribution in [2.45, 2.75) is 63.2 Å². The maximum atomic E-state index is 12.4. The highest BCUT2D eigenvalue weighted by Gasteiger charge is 2.33. The van der Waals surface area contributed by atoms with E-state index in [0.717, 1.165) is 42.5 Å². The molecule has 154 valence electrons. The highest BCUT2D eigenvalue weighted by atomic mass is 32.2. The SMILES string of the molecule is CC(C)(C)S(=O)(=O)N[C@H]1CC[C@H](c2cc3cc(-c4ccccn4)ccc3[nH]2)CC1. The first-order valence-corrected chi connectivity index (χ1v) is 11.8. The van der Waals surface area contributed by atoms with E-state index in [0.29, 0.717) is 5.92 Å². The van der Waals surface area contributed by atoms with Gasteiger partial charge < -0.3 is 4.98 Å². The molecular formula is C23H29N3O2S. The van der Waals surface area contributed by atoms with Crippen molar-refractivity contribution >= 4 is 20.9 Å². The molecule has 0 radical (unpaired) electrons. The molecule has 0 amide bonds. The fourth-order valence-corrected chi connectivity index (χ4v) is 5.01. The molecule has 4 rings (SSSR count). The number of hydrogen-bond donors (Lipinski definition) is 2. The topological polar surface area (TPSA) is 74.8 Å². The van der Waals surface area contributed by atoms with Gasteiger partial charge in [-0.25, -0.2) is 13.1 Å². The van der Waals surface area contributed by atoms with Crippen LogP contribution in [0.2, 0.25) is 0 Å². The lowest BCUT2D eigenvalue weighted by molar-refractivity contribution is 0.368. The number of nitrogens with one attached hydrogen (secondary N) is 2. The van der Waals surface area contributed by atoms with E-state index in [1.165, 1.54) is 11.1 Å². The largest absolute Gasteiger partial charge is 0.358 e. The average Bonchev–Trinajstić information content (AvgIpc) is 3.11. The maximum absolute atomic E-state index is 12.4. The summed E-state index contributed by atoms with van der Waals surface area (Å²) in [6.45, 7) is 5.22. The minimum atomic E-state index is -3.29. The first-order valence-electron chi connectivity index (χ1n) is 10.3. The van der Waals surface area contributed by atoms with Crippen molar-refractivity contribution in [3.05, 3.63) is 54.4 Å². The van der Waals surface area contributed by atoms with Crippen molar-refractivity contribution in [2.24, 2.45) is 0 Å². The lowest BCUT2D eigenvalue weighted by Gasteiger charge is -2.31. The van der Waals surface area contributed by atoms with Gasteiger partial charge in [0.25, 0.3) is 0 Å². The number of aromatic nitrogens is 2. The normalized spacial score (nSPS) is 20.8. The number of aromatic amines is 1. The summed E-state index contributed by atoms with van der Waals surface area (Å²) in [5.74, 6) is 0.441. The first kappa shape index (κ1) is 20.1. The Bertz CT molecular complexity index is 1090. The Kier molecular flexibility index (Phi) is 5.25. The molecule has 2 heterocycles. The van der Waals surface area contributed by atoms with E-state index in [9.17, 15) is 8.42 Å². The van der Waals surface area contributed by atoms with Crippen LogP contribution in [0.5, 0.6) is 0 Å². The van der Waals surface area contributed by atoms with Crippen LogP contribution in [0.3, 0.4) is 0 Å². The third-order valence-electron chi connectivity index (χ3n) is 5.90. The van der Waals surface area contributed by atoms with Gasteiger partial charge in [0.1, 0.15) is 0 Å². The number of fused-ring (bicyclic) bond motifs is 1. The number of benzene rings is 1. The van der Waals surface area contributed by atoms with Gasteiger partial charge in [0, 0.05) is 34.4 Å². The Morgan fingerprint density at radius 3 is 2.45 bits per heavy atom. The Balaban J connectivity index is 1.46. The standard InChI is InChI=1S/C23H29N3O2S/c1-23(2,3)29(27,28)26-19-10-7-16(8-11-19)22-15-18-14-17(9-12-21(18)25-22)20-6-4-5-13-24-20/h4-6,9,12-16,19,25-26H,7-8,10-11H2,1-3H3/t16-,19-. The molecule has 3 aromatic rings. The third-order valence-corrected chi connectivity index (χ3v) is 8.15. The van der Waals surface area contributed by atoms with Crippen LogP contribution >= 0.6 is 0 Å². The van der Waals surface area contributed by atoms with Gasteiger partial charge in [-0.1, -0.05) is 12.1 Å². The Morgan fingerprint density at radius 1 is 1.03 bits per heavy atom. The minimum Gasteiger partial charge on any atom is -0.358 e. The molecule has 1 aromatic carbocycles. The van der Waals surface area contributed by atoms with Gasteiger partial charge in [0.15, 0.2) is 0 Å². The monoisotopic (exact) mass is 411 g/mol.